The van der Waals surface area contributed by atoms with Gasteiger partial charge >= 0.3 is 5.97 Å². The number of para-hydroxylation sites is 1. The number of aromatic carboxylic acids is 1. The normalized spacial score (nSPS) is 12.7. The van der Waals surface area contributed by atoms with E-state index in [-0.39, 0.29) is 5.69 Å². The van der Waals surface area contributed by atoms with Gasteiger partial charge in [-0.1, -0.05) is 29.5 Å². The molecule has 29 heavy (non-hydrogen) atoms. The third-order valence-electron chi connectivity index (χ3n) is 4.77. The lowest BCUT2D eigenvalue weighted by Crippen LogP contribution is -2.08. The first kappa shape index (κ1) is 17.5. The summed E-state index contributed by atoms with van der Waals surface area (Å²) in [5.41, 5.74) is 3.11. The zero-order valence-electron chi connectivity index (χ0n) is 15.2. The van der Waals surface area contributed by atoms with Crippen molar-refractivity contribution in [1.82, 2.24) is 20.2 Å². The number of pyridine rings is 1. The van der Waals surface area contributed by atoms with Gasteiger partial charge in [0.25, 0.3) is 0 Å². The fraction of sp³-hybridized carbons (Fsp3) is 0.150. The average Bonchev–Trinajstić information content (AvgIpc) is 3.37. The van der Waals surface area contributed by atoms with Crippen LogP contribution in [0, 0.1) is 0 Å². The average molecular weight is 404 g/mol. The minimum Gasteiger partial charge on any atom is -0.477 e. The Bertz CT molecular complexity index is 1210. The molecule has 0 bridgehead atoms. The maximum atomic E-state index is 11.1. The molecule has 0 atom stereocenters. The zero-order valence-corrected chi connectivity index (χ0v) is 16.0. The number of fused-ring (bicyclic) bond motifs is 2. The second-order valence-electron chi connectivity index (χ2n) is 6.66. The van der Waals surface area contributed by atoms with Crippen LogP contribution in [0.25, 0.3) is 10.2 Å². The van der Waals surface area contributed by atoms with Gasteiger partial charge in [-0.25, -0.2) is 14.8 Å². The van der Waals surface area contributed by atoms with Crippen LogP contribution in [-0.2, 0) is 12.8 Å². The van der Waals surface area contributed by atoms with E-state index >= 15 is 0 Å². The third kappa shape index (κ3) is 3.36. The summed E-state index contributed by atoms with van der Waals surface area (Å²) in [4.78, 5) is 19.9. The molecule has 3 heterocycles. The number of carboxylic acid groups (broad SMARTS) is 1. The standard InChI is InChI=1S/C20H16N6O2S/c27-19(28)14-8-4-10-16(21-14)23-17-11-5-3-6-12(11)18(26-25-17)24-20-22-13-7-1-2-9-15(13)29-20/h1-2,4,7-10H,3,5-6H2,(H,27,28)(H,21,23,25)(H,22,24,26). The molecule has 4 aromatic rings. The van der Waals surface area contributed by atoms with Crippen molar-refractivity contribution in [3.8, 4) is 0 Å². The van der Waals surface area contributed by atoms with Crippen molar-refractivity contribution in [3.63, 3.8) is 0 Å². The van der Waals surface area contributed by atoms with Crippen LogP contribution in [0.2, 0.25) is 0 Å². The highest BCUT2D eigenvalue weighted by Gasteiger charge is 2.22. The second-order valence-corrected chi connectivity index (χ2v) is 7.69. The molecule has 0 saturated heterocycles. The van der Waals surface area contributed by atoms with Crippen LogP contribution in [0.1, 0.15) is 28.0 Å². The minimum atomic E-state index is -1.07. The van der Waals surface area contributed by atoms with Gasteiger partial charge in [0.2, 0.25) is 0 Å². The van der Waals surface area contributed by atoms with Crippen LogP contribution >= 0.6 is 11.3 Å². The van der Waals surface area contributed by atoms with E-state index in [9.17, 15) is 4.79 Å². The number of carboxylic acids is 1. The molecule has 8 nitrogen and oxygen atoms in total. The van der Waals surface area contributed by atoms with E-state index in [1.54, 1.807) is 23.5 Å². The Morgan fingerprint density at radius 2 is 1.69 bits per heavy atom. The summed E-state index contributed by atoms with van der Waals surface area (Å²) in [7, 11) is 0. The maximum absolute atomic E-state index is 11.1. The number of hydrogen-bond donors (Lipinski definition) is 3. The second kappa shape index (κ2) is 7.10. The number of rotatable bonds is 5. The number of benzene rings is 1. The van der Waals surface area contributed by atoms with E-state index in [0.29, 0.717) is 17.5 Å². The third-order valence-corrected chi connectivity index (χ3v) is 5.73. The fourth-order valence-corrected chi connectivity index (χ4v) is 4.32. The van der Waals surface area contributed by atoms with Gasteiger partial charge in [0.15, 0.2) is 22.5 Å². The summed E-state index contributed by atoms with van der Waals surface area (Å²) in [6.45, 7) is 0. The smallest absolute Gasteiger partial charge is 0.354 e. The number of aromatic nitrogens is 4. The lowest BCUT2D eigenvalue weighted by atomic mass is 10.2. The largest absolute Gasteiger partial charge is 0.477 e. The predicted molar refractivity (Wildman–Crippen MR) is 111 cm³/mol. The van der Waals surface area contributed by atoms with Crippen molar-refractivity contribution in [2.45, 2.75) is 19.3 Å². The van der Waals surface area contributed by atoms with E-state index in [1.165, 1.54) is 6.07 Å². The molecule has 0 radical (unpaired) electrons. The number of carbonyl (C=O) groups is 1. The molecular formula is C20H16N6O2S. The van der Waals surface area contributed by atoms with Crippen molar-refractivity contribution >= 4 is 50.1 Å². The molecule has 1 aliphatic rings. The number of anilines is 4. The fourth-order valence-electron chi connectivity index (χ4n) is 3.46. The zero-order chi connectivity index (χ0) is 19.8. The number of hydrogen-bond acceptors (Lipinski definition) is 8. The van der Waals surface area contributed by atoms with Gasteiger partial charge in [0.1, 0.15) is 5.82 Å². The van der Waals surface area contributed by atoms with Crippen LogP contribution < -0.4 is 10.6 Å². The molecule has 0 unspecified atom stereocenters. The number of nitrogens with one attached hydrogen (secondary N) is 2. The molecule has 0 amide bonds. The molecule has 0 spiro atoms. The number of thiazole rings is 1. The van der Waals surface area contributed by atoms with E-state index in [0.717, 1.165) is 45.7 Å². The highest BCUT2D eigenvalue weighted by molar-refractivity contribution is 7.22. The van der Waals surface area contributed by atoms with E-state index in [1.807, 2.05) is 24.3 Å². The van der Waals surface area contributed by atoms with Gasteiger partial charge in [-0.2, -0.15) is 0 Å². The first-order chi connectivity index (χ1) is 14.2. The van der Waals surface area contributed by atoms with Crippen LogP contribution in [0.5, 0.6) is 0 Å². The molecule has 0 fully saturated rings. The molecule has 9 heteroatoms. The van der Waals surface area contributed by atoms with Gasteiger partial charge in [-0.15, -0.1) is 10.2 Å². The van der Waals surface area contributed by atoms with Gasteiger partial charge in [0, 0.05) is 11.1 Å². The highest BCUT2D eigenvalue weighted by Crippen LogP contribution is 2.35. The van der Waals surface area contributed by atoms with Crippen LogP contribution in [0.4, 0.5) is 22.6 Å². The quantitative estimate of drug-likeness (QED) is 0.455. The first-order valence-corrected chi connectivity index (χ1v) is 9.97. The molecule has 1 aliphatic carbocycles. The summed E-state index contributed by atoms with van der Waals surface area (Å²) in [6, 6.07) is 12.8. The van der Waals surface area contributed by atoms with Gasteiger partial charge in [0.05, 0.1) is 10.2 Å². The van der Waals surface area contributed by atoms with Crippen LogP contribution in [0.15, 0.2) is 42.5 Å². The molecule has 0 saturated carbocycles. The van der Waals surface area contributed by atoms with Crippen molar-refractivity contribution < 1.29 is 9.90 Å². The number of nitrogens with zero attached hydrogens (tertiary/aromatic N) is 4. The molecule has 1 aromatic carbocycles. The Morgan fingerprint density at radius 1 is 0.931 bits per heavy atom. The monoisotopic (exact) mass is 404 g/mol. The Balaban J connectivity index is 1.45. The molecular weight excluding hydrogens is 388 g/mol. The molecule has 0 aliphatic heterocycles. The first-order valence-electron chi connectivity index (χ1n) is 9.16. The molecule has 3 N–H and O–H groups in total. The Labute approximate surface area is 169 Å². The van der Waals surface area contributed by atoms with E-state index in [4.69, 9.17) is 5.11 Å². The predicted octanol–water partition coefficient (Wildman–Crippen LogP) is 4.16. The summed E-state index contributed by atoms with van der Waals surface area (Å²) < 4.78 is 1.11. The molecule has 5 rings (SSSR count). The summed E-state index contributed by atoms with van der Waals surface area (Å²) in [6.07, 6.45) is 2.78. The Morgan fingerprint density at radius 3 is 2.45 bits per heavy atom. The molecule has 144 valence electrons. The van der Waals surface area contributed by atoms with Crippen molar-refractivity contribution in [1.29, 1.82) is 0 Å². The summed E-state index contributed by atoms with van der Waals surface area (Å²) in [5.74, 6) is 0.692. The Hall–Kier alpha value is -3.59. The van der Waals surface area contributed by atoms with Crippen molar-refractivity contribution in [2.75, 3.05) is 10.6 Å². The molecule has 3 aromatic heterocycles. The van der Waals surface area contributed by atoms with Crippen LogP contribution in [0.3, 0.4) is 0 Å². The minimum absolute atomic E-state index is 0.0197. The van der Waals surface area contributed by atoms with Gasteiger partial charge in [-0.05, 0) is 43.5 Å². The topological polar surface area (TPSA) is 113 Å². The Kier molecular flexibility index (Phi) is 4.28. The lowest BCUT2D eigenvalue weighted by molar-refractivity contribution is 0.0690. The SMILES string of the molecule is O=C(O)c1cccc(Nc2nnc(Nc3nc4ccccc4s3)c3c2CCC3)n1. The van der Waals surface area contributed by atoms with Gasteiger partial charge < -0.3 is 15.7 Å². The van der Waals surface area contributed by atoms with Crippen molar-refractivity contribution in [2.24, 2.45) is 0 Å². The maximum Gasteiger partial charge on any atom is 0.354 e. The van der Waals surface area contributed by atoms with E-state index in [2.05, 4.69) is 30.8 Å². The van der Waals surface area contributed by atoms with Crippen molar-refractivity contribution in [3.05, 3.63) is 59.3 Å². The highest BCUT2D eigenvalue weighted by atomic mass is 32.1. The van der Waals surface area contributed by atoms with Crippen LogP contribution in [-0.4, -0.2) is 31.2 Å². The lowest BCUT2D eigenvalue weighted by Gasteiger charge is -2.12. The van der Waals surface area contributed by atoms with E-state index < -0.39 is 5.97 Å². The summed E-state index contributed by atoms with van der Waals surface area (Å²) in [5, 5.41) is 25.1. The van der Waals surface area contributed by atoms with Gasteiger partial charge in [-0.3, -0.25) is 0 Å². The summed E-state index contributed by atoms with van der Waals surface area (Å²) >= 11 is 1.58.